The van der Waals surface area contributed by atoms with E-state index in [1.807, 2.05) is 48.5 Å². The normalized spacial score (nSPS) is 17.5. The molecule has 3 aromatic rings. The third-order valence-corrected chi connectivity index (χ3v) is 10.1. The van der Waals surface area contributed by atoms with Gasteiger partial charge in [0.15, 0.2) is 0 Å². The summed E-state index contributed by atoms with van der Waals surface area (Å²) < 4.78 is 5.05. The van der Waals surface area contributed by atoms with E-state index in [0.29, 0.717) is 9.16 Å². The van der Waals surface area contributed by atoms with E-state index >= 15 is 0 Å². The van der Waals surface area contributed by atoms with E-state index < -0.39 is 11.9 Å². The van der Waals surface area contributed by atoms with Gasteiger partial charge in [0.05, 0.1) is 0 Å². The van der Waals surface area contributed by atoms with Gasteiger partial charge in [-0.3, -0.25) is 0 Å². The molecule has 10 heteroatoms. The number of para-hydroxylation sites is 2. The molecule has 1 aromatic heterocycles. The first kappa shape index (κ1) is 22.4. The topological polar surface area (TPSA) is 119 Å². The summed E-state index contributed by atoms with van der Waals surface area (Å²) in [5.74, 6) is -2.49. The number of aliphatic hydroxyl groups is 1. The van der Waals surface area contributed by atoms with Crippen LogP contribution in [0.25, 0.3) is 15.9 Å². The van der Waals surface area contributed by atoms with E-state index in [4.69, 9.17) is 0 Å². The number of hydrogen-bond acceptors (Lipinski definition) is 5. The SMILES string of the molecule is O=C(O)CN1/C(=C/C2=C(O)C(=C\c3[se]c4ccccc4[n+]3CC(=O)O)/C2=O)[Se]c2ccccc21. The Bertz CT molecular complexity index is 1480. The molecule has 170 valence electrons. The first-order chi connectivity index (χ1) is 16.3. The van der Waals surface area contributed by atoms with E-state index in [0.717, 1.165) is 19.9 Å². The first-order valence-corrected chi connectivity index (χ1v) is 13.6. The molecule has 3 N–H and O–H groups in total. The van der Waals surface area contributed by atoms with E-state index in [1.54, 1.807) is 21.6 Å². The van der Waals surface area contributed by atoms with Crippen molar-refractivity contribution in [1.82, 2.24) is 0 Å². The van der Waals surface area contributed by atoms with E-state index in [2.05, 4.69) is 0 Å². The maximum atomic E-state index is 13.0. The molecule has 1 aliphatic carbocycles. The number of carbonyl (C=O) groups is 3. The molecule has 1 aliphatic heterocycles. The minimum atomic E-state index is -0.991. The predicted molar refractivity (Wildman–Crippen MR) is 126 cm³/mol. The molecule has 0 amide bonds. The second kappa shape index (κ2) is 8.74. The van der Waals surface area contributed by atoms with Gasteiger partial charge in [-0.1, -0.05) is 0 Å². The van der Waals surface area contributed by atoms with Crippen molar-refractivity contribution < 1.29 is 34.3 Å². The number of benzene rings is 2. The Morgan fingerprint density at radius 3 is 2.47 bits per heavy atom. The van der Waals surface area contributed by atoms with Crippen molar-refractivity contribution in [2.45, 2.75) is 6.54 Å². The van der Waals surface area contributed by atoms with Crippen molar-refractivity contribution in [3.8, 4) is 0 Å². The molecule has 0 spiro atoms. The predicted octanol–water partition coefficient (Wildman–Crippen LogP) is 0.823. The Morgan fingerprint density at radius 1 is 1.00 bits per heavy atom. The standard InChI is InChI=1S/C24H16N2O6Se2/c27-21(28)11-25-15-5-1-3-7-17(15)33-19(25)9-13-23(31)14(24(13)32)10-20-26(12-22(29)30)16-6-2-4-8-18(16)34-20/h1-10H,11-12H2,(H2-,27,28,29,30,31,32)/p+1. The molecule has 0 bridgehead atoms. The Kier molecular flexibility index (Phi) is 5.75. The third kappa shape index (κ3) is 3.91. The number of anilines is 1. The van der Waals surface area contributed by atoms with Crippen molar-refractivity contribution in [1.29, 1.82) is 0 Å². The van der Waals surface area contributed by atoms with Crippen molar-refractivity contribution >= 4 is 73.2 Å². The van der Waals surface area contributed by atoms with Crippen LogP contribution in [-0.4, -0.2) is 69.0 Å². The van der Waals surface area contributed by atoms with Gasteiger partial charge in [-0.15, -0.1) is 0 Å². The van der Waals surface area contributed by atoms with Crippen LogP contribution >= 0.6 is 0 Å². The number of carboxylic acid groups (broad SMARTS) is 2. The number of carboxylic acids is 2. The summed E-state index contributed by atoms with van der Waals surface area (Å²) in [5.41, 5.74) is 1.87. The van der Waals surface area contributed by atoms with Crippen LogP contribution < -0.4 is 13.9 Å². The molecule has 2 aromatic carbocycles. The number of ketones is 1. The summed E-state index contributed by atoms with van der Waals surface area (Å²) in [6.45, 7) is -0.475. The Morgan fingerprint density at radius 2 is 1.74 bits per heavy atom. The Labute approximate surface area is 205 Å². The van der Waals surface area contributed by atoms with Gasteiger partial charge in [-0.2, -0.15) is 0 Å². The van der Waals surface area contributed by atoms with Crippen LogP contribution in [-0.2, 0) is 20.9 Å². The molecular weight excluding hydrogens is 570 g/mol. The average Bonchev–Trinajstić information content (AvgIpc) is 3.33. The van der Waals surface area contributed by atoms with Crippen molar-refractivity contribution in [3.05, 3.63) is 80.7 Å². The minimum absolute atomic E-state index is 0.139. The van der Waals surface area contributed by atoms with Crippen molar-refractivity contribution in [2.24, 2.45) is 0 Å². The van der Waals surface area contributed by atoms with E-state index in [-0.39, 0.29) is 65.2 Å². The third-order valence-electron chi connectivity index (χ3n) is 5.40. The molecule has 34 heavy (non-hydrogen) atoms. The molecule has 0 radical (unpaired) electrons. The zero-order valence-corrected chi connectivity index (χ0v) is 20.9. The van der Waals surface area contributed by atoms with Crippen LogP contribution in [0.2, 0.25) is 0 Å². The van der Waals surface area contributed by atoms with Crippen LogP contribution in [0.15, 0.2) is 76.1 Å². The number of hydrogen-bond donors (Lipinski definition) is 3. The van der Waals surface area contributed by atoms with Crippen LogP contribution in [0.3, 0.4) is 0 Å². The number of carbonyl (C=O) groups excluding carboxylic acids is 1. The zero-order valence-electron chi connectivity index (χ0n) is 17.5. The summed E-state index contributed by atoms with van der Waals surface area (Å²) in [5, 5.41) is 29.4. The van der Waals surface area contributed by atoms with Gasteiger partial charge in [0.1, 0.15) is 0 Å². The van der Waals surface area contributed by atoms with E-state index in [9.17, 15) is 29.7 Å². The van der Waals surface area contributed by atoms with Gasteiger partial charge in [0, 0.05) is 0 Å². The molecule has 0 atom stereocenters. The summed E-state index contributed by atoms with van der Waals surface area (Å²) in [7, 11) is 0. The molecule has 0 saturated heterocycles. The number of aliphatic carboxylic acids is 2. The number of aliphatic hydroxyl groups excluding tert-OH is 1. The van der Waals surface area contributed by atoms with Gasteiger partial charge >= 0.3 is 206 Å². The van der Waals surface area contributed by atoms with Gasteiger partial charge in [-0.25, -0.2) is 0 Å². The second-order valence-corrected chi connectivity index (χ2v) is 12.0. The van der Waals surface area contributed by atoms with Crippen molar-refractivity contribution in [2.75, 3.05) is 11.4 Å². The molecular formula is C24H17N2O6Se2+. The quantitative estimate of drug-likeness (QED) is 0.222. The fourth-order valence-electron chi connectivity index (χ4n) is 3.87. The van der Waals surface area contributed by atoms with Crippen LogP contribution in [0.5, 0.6) is 0 Å². The van der Waals surface area contributed by atoms with Crippen molar-refractivity contribution in [3.63, 3.8) is 0 Å². The molecule has 0 fully saturated rings. The summed E-state index contributed by atoms with van der Waals surface area (Å²) in [4.78, 5) is 37.4. The van der Waals surface area contributed by atoms with Gasteiger partial charge in [0.25, 0.3) is 0 Å². The number of Topliss-reactive ketones (excluding diaryl/α,β-unsaturated/α-hetero) is 1. The molecule has 0 unspecified atom stereocenters. The zero-order chi connectivity index (χ0) is 24.0. The number of allylic oxidation sites excluding steroid dienone is 3. The van der Waals surface area contributed by atoms with E-state index in [1.165, 1.54) is 0 Å². The monoisotopic (exact) mass is 589 g/mol. The van der Waals surface area contributed by atoms with Gasteiger partial charge in [0.2, 0.25) is 0 Å². The first-order valence-electron chi connectivity index (χ1n) is 10.1. The number of fused-ring (bicyclic) bond motifs is 2. The summed E-state index contributed by atoms with van der Waals surface area (Å²) in [6, 6.07) is 15.0. The number of nitrogens with zero attached hydrogens (tertiary/aromatic N) is 2. The van der Waals surface area contributed by atoms with Crippen LogP contribution in [0.1, 0.15) is 4.57 Å². The molecule has 0 saturated carbocycles. The Hall–Kier alpha value is -3.42. The summed E-state index contributed by atoms with van der Waals surface area (Å²) >= 11 is -0.412. The molecule has 8 nitrogen and oxygen atoms in total. The molecule has 2 heterocycles. The fraction of sp³-hybridized carbons (Fsp3) is 0.0833. The van der Waals surface area contributed by atoms with Gasteiger partial charge in [-0.05, 0) is 0 Å². The molecule has 5 rings (SSSR count). The van der Waals surface area contributed by atoms with Crippen LogP contribution in [0.4, 0.5) is 5.69 Å². The Balaban J connectivity index is 1.52. The second-order valence-electron chi connectivity index (χ2n) is 7.57. The summed E-state index contributed by atoms with van der Waals surface area (Å²) in [6.07, 6.45) is 3.15. The fourth-order valence-corrected chi connectivity index (χ4v) is 8.51. The maximum absolute atomic E-state index is 13.0. The van der Waals surface area contributed by atoms with Gasteiger partial charge < -0.3 is 0 Å². The number of aromatic nitrogens is 1. The van der Waals surface area contributed by atoms with Crippen LogP contribution in [0, 0.1) is 0 Å². The molecule has 2 aliphatic rings. The average molecular weight is 587 g/mol. The number of rotatable bonds is 6.